The van der Waals surface area contributed by atoms with Gasteiger partial charge < -0.3 is 5.73 Å². The van der Waals surface area contributed by atoms with Gasteiger partial charge in [-0.1, -0.05) is 42.5 Å². The lowest BCUT2D eigenvalue weighted by atomic mass is 10.0. The van der Waals surface area contributed by atoms with E-state index in [2.05, 4.69) is 42.5 Å². The Balaban J connectivity index is 2.11. The zero-order chi connectivity index (χ0) is 9.54. The van der Waals surface area contributed by atoms with Crippen molar-refractivity contribution in [2.75, 3.05) is 0 Å². The summed E-state index contributed by atoms with van der Waals surface area (Å²) in [7, 11) is 0. The lowest BCUT2D eigenvalue weighted by Crippen LogP contribution is -2.00. The topological polar surface area (TPSA) is 26.0 Å². The summed E-state index contributed by atoms with van der Waals surface area (Å²) in [5, 5.41) is 2.63. The van der Waals surface area contributed by atoms with Gasteiger partial charge in [-0.15, -0.1) is 0 Å². The average molecular weight is 183 g/mol. The molecule has 0 saturated heterocycles. The molecule has 0 aromatic heterocycles. The monoisotopic (exact) mass is 183 g/mol. The molecule has 70 valence electrons. The molecule has 2 aromatic rings. The molecule has 0 radical (unpaired) electrons. The van der Waals surface area contributed by atoms with Crippen LogP contribution in [0.3, 0.4) is 0 Å². The number of hydrogen-bond acceptors (Lipinski definition) is 1. The Morgan fingerprint density at radius 1 is 1.00 bits per heavy atom. The maximum absolute atomic E-state index is 5.84. The van der Waals surface area contributed by atoms with Gasteiger partial charge in [0.05, 0.1) is 0 Å². The van der Waals surface area contributed by atoms with Gasteiger partial charge in [0.25, 0.3) is 0 Å². The van der Waals surface area contributed by atoms with Crippen molar-refractivity contribution in [1.29, 1.82) is 0 Å². The number of hydrogen-bond donors (Lipinski definition) is 1. The van der Waals surface area contributed by atoms with E-state index in [1.165, 1.54) is 16.3 Å². The van der Waals surface area contributed by atoms with Crippen LogP contribution in [0.25, 0.3) is 10.8 Å². The molecule has 1 saturated carbocycles. The van der Waals surface area contributed by atoms with E-state index >= 15 is 0 Å². The molecule has 2 unspecified atom stereocenters. The van der Waals surface area contributed by atoms with Gasteiger partial charge in [0.2, 0.25) is 0 Å². The third-order valence-electron chi connectivity index (χ3n) is 3.04. The van der Waals surface area contributed by atoms with E-state index in [1.54, 1.807) is 0 Å². The number of benzene rings is 2. The SMILES string of the molecule is NC1CC1c1ccc2ccccc2c1. The maximum atomic E-state index is 5.84. The van der Waals surface area contributed by atoms with Crippen molar-refractivity contribution < 1.29 is 0 Å². The third-order valence-corrected chi connectivity index (χ3v) is 3.04. The Hall–Kier alpha value is -1.34. The highest BCUT2D eigenvalue weighted by atomic mass is 14.7. The molecule has 0 heterocycles. The molecule has 0 aliphatic heterocycles. The fraction of sp³-hybridized carbons (Fsp3) is 0.231. The predicted molar refractivity (Wildman–Crippen MR) is 59.3 cm³/mol. The van der Waals surface area contributed by atoms with Crippen molar-refractivity contribution in [3.63, 3.8) is 0 Å². The van der Waals surface area contributed by atoms with Crippen LogP contribution in [-0.4, -0.2) is 6.04 Å². The molecule has 3 rings (SSSR count). The van der Waals surface area contributed by atoms with Crippen LogP contribution in [0.5, 0.6) is 0 Å². The summed E-state index contributed by atoms with van der Waals surface area (Å²) in [6, 6.07) is 15.5. The largest absolute Gasteiger partial charge is 0.327 e. The summed E-state index contributed by atoms with van der Waals surface area (Å²) in [4.78, 5) is 0. The Bertz CT molecular complexity index is 475. The van der Waals surface area contributed by atoms with E-state index in [-0.39, 0.29) is 0 Å². The highest BCUT2D eigenvalue weighted by Gasteiger charge is 2.34. The normalized spacial score (nSPS) is 25.2. The van der Waals surface area contributed by atoms with Gasteiger partial charge in [0, 0.05) is 12.0 Å². The molecule has 2 aromatic carbocycles. The molecule has 2 atom stereocenters. The van der Waals surface area contributed by atoms with Crippen LogP contribution in [0, 0.1) is 0 Å². The molecule has 0 spiro atoms. The Labute approximate surface area is 83.5 Å². The van der Waals surface area contributed by atoms with Crippen molar-refractivity contribution in [2.45, 2.75) is 18.4 Å². The summed E-state index contributed by atoms with van der Waals surface area (Å²) in [6.45, 7) is 0. The minimum absolute atomic E-state index is 0.399. The molecule has 1 nitrogen and oxygen atoms in total. The van der Waals surface area contributed by atoms with Gasteiger partial charge in [0.1, 0.15) is 0 Å². The fourth-order valence-corrected chi connectivity index (χ4v) is 2.04. The van der Waals surface area contributed by atoms with Gasteiger partial charge >= 0.3 is 0 Å². The van der Waals surface area contributed by atoms with Crippen LogP contribution in [0.4, 0.5) is 0 Å². The molecule has 1 aliphatic rings. The van der Waals surface area contributed by atoms with Crippen molar-refractivity contribution in [1.82, 2.24) is 0 Å². The van der Waals surface area contributed by atoms with E-state index in [4.69, 9.17) is 5.73 Å². The first-order valence-electron chi connectivity index (χ1n) is 5.09. The van der Waals surface area contributed by atoms with E-state index in [1.807, 2.05) is 0 Å². The smallest absolute Gasteiger partial charge is 0.0115 e. The maximum Gasteiger partial charge on any atom is 0.0115 e. The van der Waals surface area contributed by atoms with Gasteiger partial charge in [-0.2, -0.15) is 0 Å². The molecule has 2 N–H and O–H groups in total. The summed E-state index contributed by atoms with van der Waals surface area (Å²) < 4.78 is 0. The quantitative estimate of drug-likeness (QED) is 0.722. The number of rotatable bonds is 1. The van der Waals surface area contributed by atoms with Crippen LogP contribution in [0.15, 0.2) is 42.5 Å². The first-order valence-corrected chi connectivity index (χ1v) is 5.09. The minimum atomic E-state index is 0.399. The molecule has 0 amide bonds. The summed E-state index contributed by atoms with van der Waals surface area (Å²) in [5.41, 5.74) is 7.24. The first-order chi connectivity index (χ1) is 6.84. The first kappa shape index (κ1) is 8.01. The van der Waals surface area contributed by atoms with Crippen LogP contribution in [-0.2, 0) is 0 Å². The molecular weight excluding hydrogens is 170 g/mol. The molecule has 0 bridgehead atoms. The van der Waals surface area contributed by atoms with Crippen molar-refractivity contribution >= 4 is 10.8 Å². The van der Waals surface area contributed by atoms with Crippen molar-refractivity contribution in [3.8, 4) is 0 Å². The molecule has 1 fully saturated rings. The molecular formula is C13H13N. The number of nitrogens with two attached hydrogens (primary N) is 1. The zero-order valence-corrected chi connectivity index (χ0v) is 7.98. The standard InChI is InChI=1S/C13H13N/c14-13-8-12(13)11-6-5-9-3-1-2-4-10(9)7-11/h1-7,12-13H,8,14H2. The third kappa shape index (κ3) is 1.21. The highest BCUT2D eigenvalue weighted by molar-refractivity contribution is 5.83. The van der Waals surface area contributed by atoms with Crippen molar-refractivity contribution in [3.05, 3.63) is 48.0 Å². The highest BCUT2D eigenvalue weighted by Crippen LogP contribution is 2.39. The van der Waals surface area contributed by atoms with E-state index in [0.29, 0.717) is 12.0 Å². The van der Waals surface area contributed by atoms with E-state index in [9.17, 15) is 0 Å². The van der Waals surface area contributed by atoms with Crippen LogP contribution >= 0.6 is 0 Å². The van der Waals surface area contributed by atoms with Gasteiger partial charge in [0.15, 0.2) is 0 Å². The molecule has 1 heteroatoms. The van der Waals surface area contributed by atoms with E-state index in [0.717, 1.165) is 6.42 Å². The van der Waals surface area contributed by atoms with Crippen LogP contribution in [0.1, 0.15) is 17.9 Å². The Kier molecular flexibility index (Phi) is 1.62. The number of fused-ring (bicyclic) bond motifs is 1. The summed E-state index contributed by atoms with van der Waals surface area (Å²) in [5.74, 6) is 0.611. The molecule has 1 aliphatic carbocycles. The van der Waals surface area contributed by atoms with Crippen LogP contribution in [0.2, 0.25) is 0 Å². The van der Waals surface area contributed by atoms with Gasteiger partial charge in [-0.25, -0.2) is 0 Å². The zero-order valence-electron chi connectivity index (χ0n) is 7.98. The second kappa shape index (κ2) is 2.82. The van der Waals surface area contributed by atoms with Gasteiger partial charge in [-0.05, 0) is 22.8 Å². The lowest BCUT2D eigenvalue weighted by molar-refractivity contribution is 0.992. The Morgan fingerprint density at radius 2 is 1.71 bits per heavy atom. The lowest BCUT2D eigenvalue weighted by Gasteiger charge is -2.01. The minimum Gasteiger partial charge on any atom is -0.327 e. The fourth-order valence-electron chi connectivity index (χ4n) is 2.04. The van der Waals surface area contributed by atoms with E-state index < -0.39 is 0 Å². The second-order valence-electron chi connectivity index (χ2n) is 4.11. The van der Waals surface area contributed by atoms with Gasteiger partial charge in [-0.3, -0.25) is 0 Å². The average Bonchev–Trinajstić information content (AvgIpc) is 2.95. The predicted octanol–water partition coefficient (Wildman–Crippen LogP) is 2.65. The second-order valence-corrected chi connectivity index (χ2v) is 4.11. The van der Waals surface area contributed by atoms with Crippen LogP contribution < -0.4 is 5.73 Å². The Morgan fingerprint density at radius 3 is 2.43 bits per heavy atom. The molecule has 14 heavy (non-hydrogen) atoms. The van der Waals surface area contributed by atoms with Crippen molar-refractivity contribution in [2.24, 2.45) is 5.73 Å². The summed E-state index contributed by atoms with van der Waals surface area (Å²) >= 11 is 0. The summed E-state index contributed by atoms with van der Waals surface area (Å²) in [6.07, 6.45) is 1.15.